The molecule has 0 bridgehead atoms. The van der Waals surface area contributed by atoms with Gasteiger partial charge in [-0.15, -0.1) is 0 Å². The van der Waals surface area contributed by atoms with Crippen molar-refractivity contribution in [3.8, 4) is 11.5 Å². The van der Waals surface area contributed by atoms with Gasteiger partial charge in [0.1, 0.15) is 29.4 Å². The van der Waals surface area contributed by atoms with Crippen LogP contribution in [0.3, 0.4) is 0 Å². The van der Waals surface area contributed by atoms with Crippen molar-refractivity contribution in [3.63, 3.8) is 0 Å². The van der Waals surface area contributed by atoms with Crippen molar-refractivity contribution in [3.05, 3.63) is 54.8 Å². The van der Waals surface area contributed by atoms with Crippen molar-refractivity contribution >= 4 is 34.3 Å². The Hall–Kier alpha value is -4.52. The Morgan fingerprint density at radius 3 is 2.92 bits per heavy atom. The maximum absolute atomic E-state index is 15.3. The van der Waals surface area contributed by atoms with E-state index in [9.17, 15) is 0 Å². The van der Waals surface area contributed by atoms with Crippen molar-refractivity contribution in [2.24, 2.45) is 0 Å². The number of piperazine rings is 1. The van der Waals surface area contributed by atoms with Crippen molar-refractivity contribution in [1.29, 1.82) is 0 Å². The number of hydrogen-bond acceptors (Lipinski definition) is 11. The number of hydrogen-bond donors (Lipinski definition) is 2. The molecule has 1 saturated heterocycles. The summed E-state index contributed by atoms with van der Waals surface area (Å²) in [5.74, 6) is 1.13. The average molecular weight is 488 g/mol. The van der Waals surface area contributed by atoms with Crippen LogP contribution in [0.15, 0.2) is 43.4 Å². The fraction of sp³-hybridized carbons (Fsp3) is 0.261. The summed E-state index contributed by atoms with van der Waals surface area (Å²) in [6.07, 6.45) is 7.64. The first-order chi connectivity index (χ1) is 17.5. The van der Waals surface area contributed by atoms with Crippen molar-refractivity contribution in [2.45, 2.75) is 19.9 Å². The van der Waals surface area contributed by atoms with Crippen LogP contribution in [-0.4, -0.2) is 65.2 Å². The van der Waals surface area contributed by atoms with Crippen LogP contribution in [0.5, 0.6) is 11.5 Å². The highest BCUT2D eigenvalue weighted by molar-refractivity contribution is 5.86. The van der Waals surface area contributed by atoms with E-state index in [2.05, 4.69) is 57.5 Å². The Kier molecular flexibility index (Phi) is 5.45. The molecule has 12 nitrogen and oxygen atoms in total. The molecular formula is C23H22FN11O. The number of anilines is 3. The summed E-state index contributed by atoms with van der Waals surface area (Å²) in [6, 6.07) is 3.75. The second-order valence-electron chi connectivity index (χ2n) is 8.49. The van der Waals surface area contributed by atoms with E-state index < -0.39 is 5.82 Å². The van der Waals surface area contributed by atoms with Crippen LogP contribution in [0.1, 0.15) is 12.5 Å². The fourth-order valence-electron chi connectivity index (χ4n) is 4.05. The summed E-state index contributed by atoms with van der Waals surface area (Å²) in [6.45, 7) is 6.14. The molecule has 13 heteroatoms. The summed E-state index contributed by atoms with van der Waals surface area (Å²) in [5.41, 5.74) is 1.93. The van der Waals surface area contributed by atoms with Crippen molar-refractivity contribution in [2.75, 3.05) is 29.9 Å². The number of pyridine rings is 2. The van der Waals surface area contributed by atoms with Gasteiger partial charge in [-0.3, -0.25) is 0 Å². The topological polar surface area (TPSA) is 131 Å². The van der Waals surface area contributed by atoms with Gasteiger partial charge in [0.2, 0.25) is 5.95 Å². The number of fused-ring (bicyclic) bond motifs is 2. The normalized spacial score (nSPS) is 16.0. The number of halogens is 1. The standard InChI is InChI=1S/C23H22FN11O/c1-13-10-34(6-4-25-13)23-27-8-16-20(32-23)22(30-11-28-16)33-21-19(24)14(2)17(9-26-21)36-15-3-5-35-18(7-15)29-12-31-35/h3,5,7-9,11-13,25H,4,6,10H2,1-2H3,(H,26,28,30,33)/t13-/m1/s1. The second kappa shape index (κ2) is 8.92. The monoisotopic (exact) mass is 487 g/mol. The number of ether oxygens (including phenoxy) is 1. The maximum atomic E-state index is 15.3. The minimum absolute atomic E-state index is 0.00344. The summed E-state index contributed by atoms with van der Waals surface area (Å²) in [7, 11) is 0. The zero-order valence-electron chi connectivity index (χ0n) is 19.6. The van der Waals surface area contributed by atoms with Crippen LogP contribution in [0.4, 0.5) is 22.0 Å². The van der Waals surface area contributed by atoms with E-state index in [-0.39, 0.29) is 17.1 Å². The van der Waals surface area contributed by atoms with E-state index in [1.54, 1.807) is 36.0 Å². The number of nitrogens with one attached hydrogen (secondary N) is 2. The van der Waals surface area contributed by atoms with Crippen LogP contribution in [0, 0.1) is 12.7 Å². The summed E-state index contributed by atoms with van der Waals surface area (Å²) in [5, 5.41) is 10.4. The molecule has 5 aromatic heterocycles. The van der Waals surface area contributed by atoms with Gasteiger partial charge in [-0.25, -0.2) is 38.8 Å². The predicted molar refractivity (Wildman–Crippen MR) is 130 cm³/mol. The van der Waals surface area contributed by atoms with Gasteiger partial charge < -0.3 is 20.3 Å². The molecule has 1 fully saturated rings. The lowest BCUT2D eigenvalue weighted by Crippen LogP contribution is -2.49. The zero-order valence-corrected chi connectivity index (χ0v) is 19.6. The minimum Gasteiger partial charge on any atom is -0.455 e. The molecule has 5 aromatic rings. The van der Waals surface area contributed by atoms with Crippen molar-refractivity contribution in [1.82, 2.24) is 44.8 Å². The van der Waals surface area contributed by atoms with E-state index in [0.717, 1.165) is 19.6 Å². The third-order valence-corrected chi connectivity index (χ3v) is 5.95. The maximum Gasteiger partial charge on any atom is 0.226 e. The molecule has 182 valence electrons. The lowest BCUT2D eigenvalue weighted by Gasteiger charge is -2.31. The molecule has 6 heterocycles. The first-order valence-electron chi connectivity index (χ1n) is 11.4. The average Bonchev–Trinajstić information content (AvgIpc) is 3.36. The van der Waals surface area contributed by atoms with E-state index in [1.807, 2.05) is 0 Å². The lowest BCUT2D eigenvalue weighted by molar-refractivity contribution is 0.467. The Morgan fingerprint density at radius 2 is 2.03 bits per heavy atom. The smallest absolute Gasteiger partial charge is 0.226 e. The molecule has 0 radical (unpaired) electrons. The highest BCUT2D eigenvalue weighted by Gasteiger charge is 2.20. The van der Waals surface area contributed by atoms with Crippen LogP contribution >= 0.6 is 0 Å². The molecular weight excluding hydrogens is 465 g/mol. The molecule has 1 aliphatic rings. The molecule has 0 amide bonds. The molecule has 36 heavy (non-hydrogen) atoms. The van der Waals surface area contributed by atoms with Crippen molar-refractivity contribution < 1.29 is 9.13 Å². The van der Waals surface area contributed by atoms with Gasteiger partial charge in [0, 0.05) is 43.5 Å². The van der Waals surface area contributed by atoms with Crippen LogP contribution in [-0.2, 0) is 0 Å². The van der Waals surface area contributed by atoms with E-state index in [4.69, 9.17) is 4.74 Å². The van der Waals surface area contributed by atoms with Crippen LogP contribution in [0.25, 0.3) is 16.7 Å². The third kappa shape index (κ3) is 4.09. The van der Waals surface area contributed by atoms with Crippen LogP contribution < -0.4 is 20.3 Å². The molecule has 2 N–H and O–H groups in total. The van der Waals surface area contributed by atoms with Gasteiger partial charge in [-0.1, -0.05) is 0 Å². The highest BCUT2D eigenvalue weighted by atomic mass is 19.1. The Bertz CT molecular complexity index is 1570. The molecule has 1 atom stereocenters. The van der Waals surface area contributed by atoms with E-state index >= 15 is 4.39 Å². The van der Waals surface area contributed by atoms with Gasteiger partial charge in [-0.2, -0.15) is 5.10 Å². The SMILES string of the molecule is Cc1c(Oc2ccn3ncnc3c2)cnc(Nc2ncnc3cnc(N4CCN[C@H](C)C4)nc23)c1F. The first kappa shape index (κ1) is 22.0. The predicted octanol–water partition coefficient (Wildman–Crippen LogP) is 2.64. The Morgan fingerprint density at radius 1 is 1.11 bits per heavy atom. The largest absolute Gasteiger partial charge is 0.455 e. The zero-order chi connectivity index (χ0) is 24.6. The molecule has 1 aliphatic heterocycles. The number of nitrogens with zero attached hydrogens (tertiary/aromatic N) is 9. The van der Waals surface area contributed by atoms with E-state index in [1.165, 1.54) is 18.9 Å². The minimum atomic E-state index is -0.562. The summed E-state index contributed by atoms with van der Waals surface area (Å²) in [4.78, 5) is 28.2. The number of aromatic nitrogens is 8. The summed E-state index contributed by atoms with van der Waals surface area (Å²) >= 11 is 0. The van der Waals surface area contributed by atoms with Gasteiger partial charge in [0.15, 0.2) is 28.8 Å². The van der Waals surface area contributed by atoms with Gasteiger partial charge in [-0.05, 0) is 19.9 Å². The molecule has 0 saturated carbocycles. The lowest BCUT2D eigenvalue weighted by atomic mass is 10.2. The van der Waals surface area contributed by atoms with Gasteiger partial charge >= 0.3 is 0 Å². The van der Waals surface area contributed by atoms with Gasteiger partial charge in [0.25, 0.3) is 0 Å². The molecule has 0 aromatic carbocycles. The number of rotatable bonds is 5. The first-order valence-corrected chi connectivity index (χ1v) is 11.4. The van der Waals surface area contributed by atoms with Crippen LogP contribution in [0.2, 0.25) is 0 Å². The highest BCUT2D eigenvalue weighted by Crippen LogP contribution is 2.31. The molecule has 6 rings (SSSR count). The molecule has 0 aliphatic carbocycles. The molecule has 0 spiro atoms. The fourth-order valence-corrected chi connectivity index (χ4v) is 4.05. The second-order valence-corrected chi connectivity index (χ2v) is 8.49. The molecule has 0 unspecified atom stereocenters. The Labute approximate surface area is 204 Å². The quantitative estimate of drug-likeness (QED) is 0.379. The van der Waals surface area contributed by atoms with E-state index in [0.29, 0.717) is 40.2 Å². The van der Waals surface area contributed by atoms with Gasteiger partial charge in [0.05, 0.1) is 12.4 Å². The summed E-state index contributed by atoms with van der Waals surface area (Å²) < 4.78 is 22.8. The third-order valence-electron chi connectivity index (χ3n) is 5.95. The Balaban J connectivity index is 1.29.